The van der Waals surface area contributed by atoms with Gasteiger partial charge in [0.1, 0.15) is 5.75 Å². The van der Waals surface area contributed by atoms with E-state index in [1.165, 1.54) is 5.56 Å². The van der Waals surface area contributed by atoms with Crippen molar-refractivity contribution in [3.8, 4) is 5.75 Å². The Morgan fingerprint density at radius 3 is 2.62 bits per heavy atom. The summed E-state index contributed by atoms with van der Waals surface area (Å²) in [6.07, 6.45) is 0.947. The number of hydrogen-bond donors (Lipinski definition) is 1. The molecule has 90 valence electrons. The molecule has 16 heavy (non-hydrogen) atoms. The molecule has 0 aromatic heterocycles. The minimum Gasteiger partial charge on any atom is -0.496 e. The topological polar surface area (TPSA) is 21.3 Å². The number of likely N-dealkylation sites (N-methyl/N-ethyl adjacent to an activating group) is 1. The van der Waals surface area contributed by atoms with Gasteiger partial charge in [-0.15, -0.1) is 0 Å². The van der Waals surface area contributed by atoms with E-state index in [1.807, 2.05) is 13.0 Å². The van der Waals surface area contributed by atoms with Gasteiger partial charge in [0.05, 0.1) is 7.11 Å². The van der Waals surface area contributed by atoms with Gasteiger partial charge in [0.15, 0.2) is 0 Å². The molecule has 0 aliphatic rings. The van der Waals surface area contributed by atoms with Gasteiger partial charge in [-0.3, -0.25) is 0 Å². The van der Waals surface area contributed by atoms with Crippen LogP contribution in [0.1, 0.15) is 23.6 Å². The smallest absolute Gasteiger partial charge is 0.122 e. The fraction of sp³-hybridized carbons (Fsp3) is 0.538. The van der Waals surface area contributed by atoms with E-state index < -0.39 is 0 Å². The minimum absolute atomic E-state index is 0.854. The fourth-order valence-corrected chi connectivity index (χ4v) is 2.01. The molecule has 0 saturated carbocycles. The molecule has 1 N–H and O–H groups in total. The zero-order chi connectivity index (χ0) is 12.1. The third kappa shape index (κ3) is 2.89. The highest BCUT2D eigenvalue weighted by Gasteiger charge is 2.11. The van der Waals surface area contributed by atoms with Gasteiger partial charge in [0.2, 0.25) is 0 Å². The van der Waals surface area contributed by atoms with E-state index in [1.54, 1.807) is 7.11 Å². The molecule has 2 nitrogen and oxygen atoms in total. The van der Waals surface area contributed by atoms with Gasteiger partial charge in [0, 0.05) is 5.02 Å². The van der Waals surface area contributed by atoms with Gasteiger partial charge in [0.25, 0.3) is 0 Å². The van der Waals surface area contributed by atoms with E-state index in [0.29, 0.717) is 0 Å². The summed E-state index contributed by atoms with van der Waals surface area (Å²) < 4.78 is 5.41. The molecular weight excluding hydrogens is 222 g/mol. The van der Waals surface area contributed by atoms with E-state index in [-0.39, 0.29) is 0 Å². The zero-order valence-electron chi connectivity index (χ0n) is 10.5. The van der Waals surface area contributed by atoms with Gasteiger partial charge in [-0.05, 0) is 56.1 Å². The molecule has 0 bridgehead atoms. The number of hydrogen-bond acceptors (Lipinski definition) is 2. The summed E-state index contributed by atoms with van der Waals surface area (Å²) in [7, 11) is 1.71. The molecule has 0 aliphatic carbocycles. The quantitative estimate of drug-likeness (QED) is 0.800. The molecule has 1 rings (SSSR count). The van der Waals surface area contributed by atoms with E-state index in [0.717, 1.165) is 41.4 Å². The molecule has 0 unspecified atom stereocenters. The summed E-state index contributed by atoms with van der Waals surface area (Å²) >= 11 is 6.25. The van der Waals surface area contributed by atoms with Crippen molar-refractivity contribution < 1.29 is 4.74 Å². The van der Waals surface area contributed by atoms with Gasteiger partial charge in [-0.25, -0.2) is 0 Å². The van der Waals surface area contributed by atoms with Crippen LogP contribution in [0.2, 0.25) is 5.02 Å². The van der Waals surface area contributed by atoms with Crippen molar-refractivity contribution in [2.45, 2.75) is 27.2 Å². The Kier molecular flexibility index (Phi) is 5.10. The first-order valence-corrected chi connectivity index (χ1v) is 6.02. The Morgan fingerprint density at radius 1 is 1.38 bits per heavy atom. The summed E-state index contributed by atoms with van der Waals surface area (Å²) in [5.74, 6) is 0.942. The second kappa shape index (κ2) is 6.12. The number of halogens is 1. The van der Waals surface area contributed by atoms with Crippen LogP contribution in [-0.2, 0) is 6.42 Å². The SMILES string of the molecule is CCNCCc1c(OC)cc(C)c(Cl)c1C. The molecule has 0 spiro atoms. The van der Waals surface area contributed by atoms with Crippen LogP contribution in [0.5, 0.6) is 5.75 Å². The number of aryl methyl sites for hydroxylation is 1. The van der Waals surface area contributed by atoms with Crippen molar-refractivity contribution in [1.29, 1.82) is 0 Å². The highest BCUT2D eigenvalue weighted by atomic mass is 35.5. The fourth-order valence-electron chi connectivity index (χ4n) is 1.84. The van der Waals surface area contributed by atoms with Crippen molar-refractivity contribution >= 4 is 11.6 Å². The monoisotopic (exact) mass is 241 g/mol. The van der Waals surface area contributed by atoms with Gasteiger partial charge in [-0.2, -0.15) is 0 Å². The maximum Gasteiger partial charge on any atom is 0.122 e. The van der Waals surface area contributed by atoms with Crippen LogP contribution in [0, 0.1) is 13.8 Å². The molecule has 0 amide bonds. The number of rotatable bonds is 5. The number of methoxy groups -OCH3 is 1. The lowest BCUT2D eigenvalue weighted by Gasteiger charge is -2.15. The second-order valence-electron chi connectivity index (χ2n) is 3.92. The molecule has 0 saturated heterocycles. The average molecular weight is 242 g/mol. The van der Waals surface area contributed by atoms with Crippen LogP contribution in [0.3, 0.4) is 0 Å². The molecule has 0 atom stereocenters. The third-order valence-electron chi connectivity index (χ3n) is 2.79. The molecular formula is C13H20ClNO. The molecule has 0 aliphatic heterocycles. The highest BCUT2D eigenvalue weighted by molar-refractivity contribution is 6.32. The Bertz CT molecular complexity index is 363. The van der Waals surface area contributed by atoms with Crippen LogP contribution in [0.4, 0.5) is 0 Å². The molecule has 1 aromatic carbocycles. The molecule has 0 fully saturated rings. The lowest BCUT2D eigenvalue weighted by Crippen LogP contribution is -2.17. The standard InChI is InChI=1S/C13H20ClNO/c1-5-15-7-6-11-10(3)13(14)9(2)8-12(11)16-4/h8,15H,5-7H2,1-4H3. The summed E-state index contributed by atoms with van der Waals surface area (Å²) in [6.45, 7) is 8.10. The summed E-state index contributed by atoms with van der Waals surface area (Å²) in [5.41, 5.74) is 3.42. The van der Waals surface area contributed by atoms with Crippen LogP contribution < -0.4 is 10.1 Å². The second-order valence-corrected chi connectivity index (χ2v) is 4.29. The first-order chi connectivity index (χ1) is 7.61. The summed E-state index contributed by atoms with van der Waals surface area (Å²) in [4.78, 5) is 0. The van der Waals surface area contributed by atoms with Crippen LogP contribution in [0.25, 0.3) is 0 Å². The predicted molar refractivity (Wildman–Crippen MR) is 69.7 cm³/mol. The van der Waals surface area contributed by atoms with Crippen molar-refractivity contribution in [3.63, 3.8) is 0 Å². The number of ether oxygens (including phenoxy) is 1. The molecule has 1 aromatic rings. The maximum atomic E-state index is 6.25. The van der Waals surface area contributed by atoms with E-state index in [9.17, 15) is 0 Å². The van der Waals surface area contributed by atoms with Gasteiger partial charge in [-0.1, -0.05) is 18.5 Å². The first-order valence-electron chi connectivity index (χ1n) is 5.65. The van der Waals surface area contributed by atoms with E-state index in [4.69, 9.17) is 16.3 Å². The summed E-state index contributed by atoms with van der Waals surface area (Å²) in [5, 5.41) is 4.16. The average Bonchev–Trinajstić information content (AvgIpc) is 2.29. The van der Waals surface area contributed by atoms with Crippen LogP contribution in [0.15, 0.2) is 6.07 Å². The maximum absolute atomic E-state index is 6.25. The first kappa shape index (κ1) is 13.3. The van der Waals surface area contributed by atoms with E-state index >= 15 is 0 Å². The Balaban J connectivity index is 3.00. The van der Waals surface area contributed by atoms with Crippen LogP contribution >= 0.6 is 11.6 Å². The summed E-state index contributed by atoms with van der Waals surface area (Å²) in [6, 6.07) is 2.01. The zero-order valence-corrected chi connectivity index (χ0v) is 11.2. The highest BCUT2D eigenvalue weighted by Crippen LogP contribution is 2.31. The van der Waals surface area contributed by atoms with Crippen molar-refractivity contribution in [1.82, 2.24) is 5.32 Å². The Labute approximate surface area is 103 Å². The van der Waals surface area contributed by atoms with Crippen molar-refractivity contribution in [2.75, 3.05) is 20.2 Å². The van der Waals surface area contributed by atoms with Gasteiger partial charge >= 0.3 is 0 Å². The normalized spacial score (nSPS) is 10.6. The Morgan fingerprint density at radius 2 is 2.06 bits per heavy atom. The molecule has 0 radical (unpaired) electrons. The number of benzene rings is 1. The predicted octanol–water partition coefficient (Wildman–Crippen LogP) is 3.12. The van der Waals surface area contributed by atoms with E-state index in [2.05, 4.69) is 19.2 Å². The molecule has 0 heterocycles. The van der Waals surface area contributed by atoms with Gasteiger partial charge < -0.3 is 10.1 Å². The van der Waals surface area contributed by atoms with Crippen molar-refractivity contribution in [2.24, 2.45) is 0 Å². The number of nitrogens with one attached hydrogen (secondary N) is 1. The van der Waals surface area contributed by atoms with Crippen molar-refractivity contribution in [3.05, 3.63) is 27.8 Å². The third-order valence-corrected chi connectivity index (χ3v) is 3.38. The largest absolute Gasteiger partial charge is 0.496 e. The lowest BCUT2D eigenvalue weighted by atomic mass is 10.0. The lowest BCUT2D eigenvalue weighted by molar-refractivity contribution is 0.408. The minimum atomic E-state index is 0.854. The molecule has 3 heteroatoms. The van der Waals surface area contributed by atoms with Crippen LogP contribution in [-0.4, -0.2) is 20.2 Å². The Hall–Kier alpha value is -0.730.